The number of hydrogen-bond acceptors (Lipinski definition) is 3. The summed E-state index contributed by atoms with van der Waals surface area (Å²) in [6, 6.07) is 3.17. The molecule has 0 spiro atoms. The van der Waals surface area contributed by atoms with Crippen LogP contribution < -0.4 is 14.8 Å². The lowest BCUT2D eigenvalue weighted by atomic mass is 10.2. The van der Waals surface area contributed by atoms with E-state index < -0.39 is 0 Å². The maximum Gasteiger partial charge on any atom is 0.251 e. The van der Waals surface area contributed by atoms with Crippen LogP contribution in [0.4, 0.5) is 0 Å². The molecule has 5 heteroatoms. The zero-order chi connectivity index (χ0) is 12.8. The minimum Gasteiger partial charge on any atom is -0.493 e. The number of rotatable bonds is 5. The van der Waals surface area contributed by atoms with Gasteiger partial charge in [0.2, 0.25) is 0 Å². The van der Waals surface area contributed by atoms with Gasteiger partial charge < -0.3 is 14.8 Å². The maximum absolute atomic E-state index is 11.8. The monoisotopic (exact) mass is 257 g/mol. The van der Waals surface area contributed by atoms with Crippen molar-refractivity contribution in [3.8, 4) is 11.5 Å². The highest BCUT2D eigenvalue weighted by molar-refractivity contribution is 6.32. The molecule has 0 radical (unpaired) electrons. The van der Waals surface area contributed by atoms with Crippen molar-refractivity contribution in [3.05, 3.63) is 22.7 Å². The number of amides is 1. The van der Waals surface area contributed by atoms with Crippen LogP contribution in [-0.2, 0) is 0 Å². The van der Waals surface area contributed by atoms with Gasteiger partial charge in [-0.25, -0.2) is 0 Å². The van der Waals surface area contributed by atoms with Crippen LogP contribution in [0.2, 0.25) is 5.02 Å². The molecule has 17 heavy (non-hydrogen) atoms. The molecule has 0 saturated carbocycles. The Morgan fingerprint density at radius 1 is 1.35 bits per heavy atom. The van der Waals surface area contributed by atoms with Gasteiger partial charge in [0.25, 0.3) is 5.91 Å². The van der Waals surface area contributed by atoms with Crippen LogP contribution in [0.15, 0.2) is 12.1 Å². The first-order valence-electron chi connectivity index (χ1n) is 5.33. The Kier molecular flexibility index (Phi) is 5.10. The van der Waals surface area contributed by atoms with E-state index in [9.17, 15) is 4.79 Å². The van der Waals surface area contributed by atoms with Crippen LogP contribution in [0.1, 0.15) is 23.7 Å². The van der Waals surface area contributed by atoms with E-state index >= 15 is 0 Å². The molecule has 0 heterocycles. The molecule has 0 aromatic heterocycles. The molecular formula is C12H16ClNO3. The smallest absolute Gasteiger partial charge is 0.251 e. The third-order valence-corrected chi connectivity index (χ3v) is 2.51. The molecule has 1 aromatic rings. The number of carbonyl (C=O) groups is 1. The quantitative estimate of drug-likeness (QED) is 0.882. The summed E-state index contributed by atoms with van der Waals surface area (Å²) in [4.78, 5) is 11.8. The van der Waals surface area contributed by atoms with Crippen molar-refractivity contribution in [2.75, 3.05) is 20.8 Å². The van der Waals surface area contributed by atoms with Crippen LogP contribution in [0, 0.1) is 0 Å². The molecule has 0 saturated heterocycles. The van der Waals surface area contributed by atoms with E-state index in [-0.39, 0.29) is 5.91 Å². The summed E-state index contributed by atoms with van der Waals surface area (Å²) in [6.45, 7) is 2.62. The largest absolute Gasteiger partial charge is 0.493 e. The predicted molar refractivity (Wildman–Crippen MR) is 67.2 cm³/mol. The molecule has 4 nitrogen and oxygen atoms in total. The summed E-state index contributed by atoms with van der Waals surface area (Å²) in [5.41, 5.74) is 0.459. The first-order valence-corrected chi connectivity index (χ1v) is 5.71. The van der Waals surface area contributed by atoms with Crippen molar-refractivity contribution in [2.24, 2.45) is 0 Å². The molecule has 1 aromatic carbocycles. The number of halogens is 1. The van der Waals surface area contributed by atoms with E-state index in [2.05, 4.69) is 5.32 Å². The minimum absolute atomic E-state index is 0.172. The summed E-state index contributed by atoms with van der Waals surface area (Å²) in [6.07, 6.45) is 0.882. The molecule has 0 aliphatic carbocycles. The molecule has 0 atom stereocenters. The Morgan fingerprint density at radius 2 is 2.06 bits per heavy atom. The van der Waals surface area contributed by atoms with Gasteiger partial charge >= 0.3 is 0 Å². The van der Waals surface area contributed by atoms with Crippen molar-refractivity contribution in [1.29, 1.82) is 0 Å². The fourth-order valence-electron chi connectivity index (χ4n) is 1.39. The number of benzene rings is 1. The summed E-state index contributed by atoms with van der Waals surface area (Å²) in [5.74, 6) is 0.706. The van der Waals surface area contributed by atoms with Gasteiger partial charge in [0.15, 0.2) is 11.5 Å². The van der Waals surface area contributed by atoms with Crippen LogP contribution in [0.3, 0.4) is 0 Å². The lowest BCUT2D eigenvalue weighted by molar-refractivity contribution is 0.0953. The molecular weight excluding hydrogens is 242 g/mol. The van der Waals surface area contributed by atoms with E-state index in [0.29, 0.717) is 28.6 Å². The first-order chi connectivity index (χ1) is 8.13. The summed E-state index contributed by atoms with van der Waals surface area (Å²) in [7, 11) is 3.00. The molecule has 0 unspecified atom stereocenters. The SMILES string of the molecule is CCCNC(=O)c1cc(Cl)c(OC)c(OC)c1. The van der Waals surface area contributed by atoms with E-state index in [1.54, 1.807) is 12.1 Å². The maximum atomic E-state index is 11.8. The lowest BCUT2D eigenvalue weighted by Gasteiger charge is -2.11. The molecule has 0 aliphatic heterocycles. The van der Waals surface area contributed by atoms with Gasteiger partial charge in [0.05, 0.1) is 19.2 Å². The molecule has 0 bridgehead atoms. The van der Waals surface area contributed by atoms with Gasteiger partial charge in [-0.1, -0.05) is 18.5 Å². The van der Waals surface area contributed by atoms with E-state index in [1.807, 2.05) is 6.92 Å². The Hall–Kier alpha value is -1.42. The number of methoxy groups -OCH3 is 2. The highest BCUT2D eigenvalue weighted by Crippen LogP contribution is 2.35. The van der Waals surface area contributed by atoms with E-state index in [4.69, 9.17) is 21.1 Å². The van der Waals surface area contributed by atoms with Crippen molar-refractivity contribution < 1.29 is 14.3 Å². The Bertz CT molecular complexity index is 407. The third kappa shape index (κ3) is 3.27. The summed E-state index contributed by atoms with van der Waals surface area (Å²) in [5, 5.41) is 3.13. The zero-order valence-electron chi connectivity index (χ0n) is 10.2. The van der Waals surface area contributed by atoms with Crippen molar-refractivity contribution >= 4 is 17.5 Å². The standard InChI is InChI=1S/C12H16ClNO3/c1-4-5-14-12(15)8-6-9(13)11(17-3)10(7-8)16-2/h6-7H,4-5H2,1-3H3,(H,14,15). The van der Waals surface area contributed by atoms with E-state index in [1.165, 1.54) is 14.2 Å². The van der Waals surface area contributed by atoms with Gasteiger partial charge in [-0.05, 0) is 18.6 Å². The summed E-state index contributed by atoms with van der Waals surface area (Å²) < 4.78 is 10.2. The Labute approximate surface area is 106 Å². The average molecular weight is 258 g/mol. The molecule has 94 valence electrons. The second-order valence-corrected chi connectivity index (χ2v) is 3.86. The number of carbonyl (C=O) groups excluding carboxylic acids is 1. The van der Waals surface area contributed by atoms with Gasteiger partial charge in [0, 0.05) is 12.1 Å². The van der Waals surface area contributed by atoms with Crippen LogP contribution in [0.25, 0.3) is 0 Å². The summed E-state index contributed by atoms with van der Waals surface area (Å²) >= 11 is 6.01. The molecule has 1 amide bonds. The highest BCUT2D eigenvalue weighted by atomic mass is 35.5. The minimum atomic E-state index is -0.172. The van der Waals surface area contributed by atoms with Gasteiger partial charge in [-0.3, -0.25) is 4.79 Å². The zero-order valence-corrected chi connectivity index (χ0v) is 10.9. The van der Waals surface area contributed by atoms with Crippen molar-refractivity contribution in [2.45, 2.75) is 13.3 Å². The predicted octanol–water partition coefficient (Wildman–Crippen LogP) is 2.50. The first kappa shape index (κ1) is 13.6. The second kappa shape index (κ2) is 6.35. The second-order valence-electron chi connectivity index (χ2n) is 3.45. The van der Waals surface area contributed by atoms with Crippen molar-refractivity contribution in [1.82, 2.24) is 5.32 Å². The molecule has 1 N–H and O–H groups in total. The number of nitrogens with one attached hydrogen (secondary N) is 1. The van der Waals surface area contributed by atoms with Crippen LogP contribution in [-0.4, -0.2) is 26.7 Å². The lowest BCUT2D eigenvalue weighted by Crippen LogP contribution is -2.24. The van der Waals surface area contributed by atoms with Gasteiger partial charge in [-0.2, -0.15) is 0 Å². The van der Waals surface area contributed by atoms with Gasteiger partial charge in [0.1, 0.15) is 0 Å². The average Bonchev–Trinajstić information content (AvgIpc) is 2.34. The fraction of sp³-hybridized carbons (Fsp3) is 0.417. The Morgan fingerprint density at radius 3 is 2.59 bits per heavy atom. The van der Waals surface area contributed by atoms with Crippen LogP contribution in [0.5, 0.6) is 11.5 Å². The van der Waals surface area contributed by atoms with E-state index in [0.717, 1.165) is 6.42 Å². The molecule has 0 aliphatic rings. The molecule has 1 rings (SSSR count). The van der Waals surface area contributed by atoms with Crippen molar-refractivity contribution in [3.63, 3.8) is 0 Å². The Balaban J connectivity index is 3.02. The fourth-order valence-corrected chi connectivity index (χ4v) is 1.68. The normalized spacial score (nSPS) is 9.88. The highest BCUT2D eigenvalue weighted by Gasteiger charge is 2.14. The third-order valence-electron chi connectivity index (χ3n) is 2.23. The molecule has 0 fully saturated rings. The topological polar surface area (TPSA) is 47.6 Å². The van der Waals surface area contributed by atoms with Crippen LogP contribution >= 0.6 is 11.6 Å². The number of hydrogen-bond donors (Lipinski definition) is 1. The number of ether oxygens (including phenoxy) is 2. The van der Waals surface area contributed by atoms with Gasteiger partial charge in [-0.15, -0.1) is 0 Å².